The van der Waals surface area contributed by atoms with E-state index in [1.54, 1.807) is 0 Å². The van der Waals surface area contributed by atoms with Gasteiger partial charge in [0.05, 0.1) is 6.04 Å². The summed E-state index contributed by atoms with van der Waals surface area (Å²) in [7, 11) is 0. The van der Waals surface area contributed by atoms with Gasteiger partial charge in [-0.05, 0) is 56.0 Å². The molecule has 0 N–H and O–H groups in total. The van der Waals surface area contributed by atoms with E-state index in [9.17, 15) is 0 Å². The Morgan fingerprint density at radius 2 is 1.95 bits per heavy atom. The molecule has 1 aliphatic heterocycles. The van der Waals surface area contributed by atoms with Crippen molar-refractivity contribution in [2.45, 2.75) is 32.7 Å². The standard InChI is InChI=1S/C18H20BrN/c1-13-8-9-17(14(2)11-13)20-10-4-7-18(20)15-5-3-6-16(19)12-15/h3,5-6,8-9,11-12,18H,4,7,10H2,1-2H3. The molecular formula is C18H20BrN. The van der Waals surface area contributed by atoms with Gasteiger partial charge in [-0.1, -0.05) is 45.8 Å². The van der Waals surface area contributed by atoms with Crippen LogP contribution < -0.4 is 4.90 Å². The lowest BCUT2D eigenvalue weighted by Gasteiger charge is -2.29. The molecule has 1 nitrogen and oxygen atoms in total. The molecule has 0 saturated carbocycles. The highest BCUT2D eigenvalue weighted by molar-refractivity contribution is 9.10. The fourth-order valence-electron chi connectivity index (χ4n) is 3.24. The zero-order valence-corrected chi connectivity index (χ0v) is 13.7. The number of hydrogen-bond donors (Lipinski definition) is 0. The van der Waals surface area contributed by atoms with Gasteiger partial charge in [0, 0.05) is 16.7 Å². The van der Waals surface area contributed by atoms with Crippen LogP contribution in [0.3, 0.4) is 0 Å². The van der Waals surface area contributed by atoms with Crippen molar-refractivity contribution in [2.24, 2.45) is 0 Å². The van der Waals surface area contributed by atoms with E-state index in [0.717, 1.165) is 6.54 Å². The molecule has 0 spiro atoms. The van der Waals surface area contributed by atoms with Crippen LogP contribution in [0.5, 0.6) is 0 Å². The van der Waals surface area contributed by atoms with Crippen molar-refractivity contribution in [3.8, 4) is 0 Å². The van der Waals surface area contributed by atoms with Crippen molar-refractivity contribution in [3.63, 3.8) is 0 Å². The molecule has 2 heteroatoms. The molecule has 1 atom stereocenters. The first kappa shape index (κ1) is 13.7. The minimum absolute atomic E-state index is 0.508. The smallest absolute Gasteiger partial charge is 0.0543 e. The lowest BCUT2D eigenvalue weighted by molar-refractivity contribution is 0.717. The van der Waals surface area contributed by atoms with Gasteiger partial charge in [0.2, 0.25) is 0 Å². The van der Waals surface area contributed by atoms with Crippen LogP contribution in [0.4, 0.5) is 5.69 Å². The molecule has 0 aliphatic carbocycles. The van der Waals surface area contributed by atoms with Crippen molar-refractivity contribution in [1.29, 1.82) is 0 Å². The van der Waals surface area contributed by atoms with E-state index >= 15 is 0 Å². The number of halogens is 1. The number of nitrogens with zero attached hydrogens (tertiary/aromatic N) is 1. The molecule has 1 heterocycles. The Balaban J connectivity index is 1.96. The van der Waals surface area contributed by atoms with Gasteiger partial charge in [-0.15, -0.1) is 0 Å². The topological polar surface area (TPSA) is 3.24 Å². The van der Waals surface area contributed by atoms with Crippen molar-refractivity contribution in [1.82, 2.24) is 0 Å². The molecule has 0 bridgehead atoms. The Morgan fingerprint density at radius 3 is 2.70 bits per heavy atom. The summed E-state index contributed by atoms with van der Waals surface area (Å²) in [5, 5.41) is 0. The molecule has 1 aliphatic rings. The summed E-state index contributed by atoms with van der Waals surface area (Å²) in [5.41, 5.74) is 5.52. The van der Waals surface area contributed by atoms with E-state index in [-0.39, 0.29) is 0 Å². The summed E-state index contributed by atoms with van der Waals surface area (Å²) >= 11 is 3.59. The van der Waals surface area contributed by atoms with E-state index in [0.29, 0.717) is 6.04 Å². The Morgan fingerprint density at radius 1 is 1.10 bits per heavy atom. The molecule has 104 valence electrons. The minimum atomic E-state index is 0.508. The summed E-state index contributed by atoms with van der Waals surface area (Å²) < 4.78 is 1.17. The lowest BCUT2D eigenvalue weighted by Crippen LogP contribution is -2.23. The maximum atomic E-state index is 3.59. The SMILES string of the molecule is Cc1ccc(N2CCCC2c2cccc(Br)c2)c(C)c1. The quantitative estimate of drug-likeness (QED) is 0.712. The molecule has 1 unspecified atom stereocenters. The average Bonchev–Trinajstić information content (AvgIpc) is 2.87. The second-order valence-corrected chi connectivity index (χ2v) is 6.61. The Kier molecular flexibility index (Phi) is 3.84. The largest absolute Gasteiger partial charge is 0.364 e. The van der Waals surface area contributed by atoms with Crippen molar-refractivity contribution in [3.05, 3.63) is 63.6 Å². The van der Waals surface area contributed by atoms with Crippen LogP contribution in [0.2, 0.25) is 0 Å². The number of aryl methyl sites for hydroxylation is 2. The predicted molar refractivity (Wildman–Crippen MR) is 89.4 cm³/mol. The minimum Gasteiger partial charge on any atom is -0.364 e. The molecule has 0 aromatic heterocycles. The normalized spacial score (nSPS) is 18.6. The second-order valence-electron chi connectivity index (χ2n) is 5.70. The van der Waals surface area contributed by atoms with Gasteiger partial charge in [0.25, 0.3) is 0 Å². The van der Waals surface area contributed by atoms with Gasteiger partial charge in [-0.3, -0.25) is 0 Å². The molecule has 0 radical (unpaired) electrons. The van der Waals surface area contributed by atoms with Crippen LogP contribution in [0.25, 0.3) is 0 Å². The Labute approximate surface area is 129 Å². The molecule has 0 amide bonds. The molecule has 1 saturated heterocycles. The number of hydrogen-bond acceptors (Lipinski definition) is 1. The molecular weight excluding hydrogens is 310 g/mol. The zero-order valence-electron chi connectivity index (χ0n) is 12.1. The van der Waals surface area contributed by atoms with Crippen molar-refractivity contribution in [2.75, 3.05) is 11.4 Å². The van der Waals surface area contributed by atoms with Crippen LogP contribution in [0.1, 0.15) is 35.6 Å². The van der Waals surface area contributed by atoms with Gasteiger partial charge in [-0.25, -0.2) is 0 Å². The third-order valence-corrected chi connectivity index (χ3v) is 4.64. The maximum absolute atomic E-state index is 3.59. The summed E-state index contributed by atoms with van der Waals surface area (Å²) in [6.45, 7) is 5.53. The van der Waals surface area contributed by atoms with Gasteiger partial charge in [0.1, 0.15) is 0 Å². The summed E-state index contributed by atoms with van der Waals surface area (Å²) in [4.78, 5) is 2.57. The Hall–Kier alpha value is -1.28. The monoisotopic (exact) mass is 329 g/mol. The van der Waals surface area contributed by atoms with Gasteiger partial charge < -0.3 is 4.90 Å². The number of rotatable bonds is 2. The van der Waals surface area contributed by atoms with Gasteiger partial charge in [0.15, 0.2) is 0 Å². The van der Waals surface area contributed by atoms with Crippen molar-refractivity contribution < 1.29 is 0 Å². The van der Waals surface area contributed by atoms with E-state index in [2.05, 4.69) is 77.1 Å². The second kappa shape index (κ2) is 5.61. The summed E-state index contributed by atoms with van der Waals surface area (Å²) in [6.07, 6.45) is 2.51. The molecule has 20 heavy (non-hydrogen) atoms. The first-order valence-electron chi connectivity index (χ1n) is 7.24. The maximum Gasteiger partial charge on any atom is 0.0543 e. The zero-order chi connectivity index (χ0) is 14.1. The van der Waals surface area contributed by atoms with Crippen LogP contribution in [-0.4, -0.2) is 6.54 Å². The Bertz CT molecular complexity index is 621. The summed E-state index contributed by atoms with van der Waals surface area (Å²) in [5.74, 6) is 0. The fraction of sp³-hybridized carbons (Fsp3) is 0.333. The van der Waals surface area contributed by atoms with E-state index in [4.69, 9.17) is 0 Å². The first-order chi connectivity index (χ1) is 9.65. The number of benzene rings is 2. The lowest BCUT2D eigenvalue weighted by atomic mass is 10.0. The highest BCUT2D eigenvalue weighted by atomic mass is 79.9. The van der Waals surface area contributed by atoms with Gasteiger partial charge >= 0.3 is 0 Å². The number of anilines is 1. The average molecular weight is 330 g/mol. The molecule has 2 aromatic rings. The molecule has 3 rings (SSSR count). The van der Waals surface area contributed by atoms with Crippen LogP contribution in [0, 0.1) is 13.8 Å². The molecule has 2 aromatic carbocycles. The van der Waals surface area contributed by atoms with Crippen LogP contribution in [0.15, 0.2) is 46.9 Å². The van der Waals surface area contributed by atoms with Crippen molar-refractivity contribution >= 4 is 21.6 Å². The highest BCUT2D eigenvalue weighted by Crippen LogP contribution is 2.38. The van der Waals surface area contributed by atoms with E-state index in [1.165, 1.54) is 39.7 Å². The van der Waals surface area contributed by atoms with Gasteiger partial charge in [-0.2, -0.15) is 0 Å². The third-order valence-electron chi connectivity index (χ3n) is 4.15. The first-order valence-corrected chi connectivity index (χ1v) is 8.04. The van der Waals surface area contributed by atoms with Crippen LogP contribution in [-0.2, 0) is 0 Å². The molecule has 1 fully saturated rings. The third kappa shape index (κ3) is 2.62. The van der Waals surface area contributed by atoms with E-state index in [1.807, 2.05) is 0 Å². The fourth-order valence-corrected chi connectivity index (χ4v) is 3.66. The highest BCUT2D eigenvalue weighted by Gasteiger charge is 2.27. The van der Waals surface area contributed by atoms with Crippen LogP contribution >= 0.6 is 15.9 Å². The summed E-state index contributed by atoms with van der Waals surface area (Å²) in [6, 6.07) is 16.0. The van der Waals surface area contributed by atoms with E-state index < -0.39 is 0 Å². The predicted octanol–water partition coefficient (Wildman–Crippen LogP) is 5.41.